The summed E-state index contributed by atoms with van der Waals surface area (Å²) in [6, 6.07) is 5.48. The largest absolute Gasteiger partial charge is 0.260 e. The van der Waals surface area contributed by atoms with Gasteiger partial charge < -0.3 is 0 Å². The van der Waals surface area contributed by atoms with E-state index < -0.39 is 0 Å². The second-order valence-electron chi connectivity index (χ2n) is 4.82. The number of halogens is 2. The van der Waals surface area contributed by atoms with Gasteiger partial charge in [-0.25, -0.2) is 9.97 Å². The minimum Gasteiger partial charge on any atom is -0.260 e. The number of nitrogens with zero attached hydrogens (tertiary/aromatic N) is 6. The van der Waals surface area contributed by atoms with E-state index in [0.29, 0.717) is 43.4 Å². The number of nitriles is 1. The molecular formula is C14H7Cl2N7. The summed E-state index contributed by atoms with van der Waals surface area (Å²) in [5.41, 5.74) is 2.01. The Morgan fingerprint density at radius 1 is 1.30 bits per heavy atom. The predicted molar refractivity (Wildman–Crippen MR) is 86.1 cm³/mol. The number of rotatable bonds is 1. The Balaban J connectivity index is 2.09. The summed E-state index contributed by atoms with van der Waals surface area (Å²) in [6.45, 7) is 0. The molecule has 9 heteroatoms. The van der Waals surface area contributed by atoms with Crippen LogP contribution >= 0.6 is 23.2 Å². The fourth-order valence-electron chi connectivity index (χ4n) is 2.49. The van der Waals surface area contributed by atoms with Gasteiger partial charge in [0.15, 0.2) is 11.3 Å². The fourth-order valence-corrected chi connectivity index (χ4v) is 3.11. The highest BCUT2D eigenvalue weighted by Crippen LogP contribution is 2.39. The van der Waals surface area contributed by atoms with E-state index in [4.69, 9.17) is 24.6 Å². The zero-order valence-electron chi connectivity index (χ0n) is 12.6. The van der Waals surface area contributed by atoms with Crippen molar-refractivity contribution in [3.63, 3.8) is 0 Å². The third kappa shape index (κ3) is 1.89. The van der Waals surface area contributed by atoms with Crippen LogP contribution in [0.1, 0.15) is 7.06 Å². The number of aryl methyl sites for hydroxylation is 1. The lowest BCUT2D eigenvalue weighted by Gasteiger charge is -2.03. The van der Waals surface area contributed by atoms with Crippen molar-refractivity contribution in [2.24, 2.45) is 7.05 Å². The Hall–Kier alpha value is -2.69. The van der Waals surface area contributed by atoms with E-state index in [-0.39, 0.29) is 12.0 Å². The summed E-state index contributed by atoms with van der Waals surface area (Å²) >= 11 is 12.8. The van der Waals surface area contributed by atoms with Gasteiger partial charge in [-0.2, -0.15) is 15.5 Å². The molecule has 4 aromatic rings. The van der Waals surface area contributed by atoms with Crippen LogP contribution in [0.3, 0.4) is 0 Å². The van der Waals surface area contributed by atoms with Gasteiger partial charge in [-0.15, -0.1) is 0 Å². The van der Waals surface area contributed by atoms with Crippen LogP contribution in [-0.4, -0.2) is 29.9 Å². The smallest absolute Gasteiger partial charge is 0.160 e. The molecule has 7 nitrogen and oxygen atoms in total. The van der Waals surface area contributed by atoms with Crippen LogP contribution in [0.5, 0.6) is 0 Å². The van der Waals surface area contributed by atoms with Crippen LogP contribution in [0.4, 0.5) is 0 Å². The first-order valence-corrected chi connectivity index (χ1v) is 7.20. The van der Waals surface area contributed by atoms with Gasteiger partial charge in [0.1, 0.15) is 24.6 Å². The molecule has 0 amide bonds. The SMILES string of the molecule is [2H]c1nc(C#N)c2c(-c3ccc4nn(C)c(Cl)c4c3Cl)n[nH]c2n1. The van der Waals surface area contributed by atoms with Crippen LogP contribution in [0.15, 0.2) is 18.4 Å². The zero-order chi connectivity index (χ0) is 17.0. The molecule has 0 aliphatic rings. The molecule has 0 unspecified atom stereocenters. The Kier molecular flexibility index (Phi) is 2.74. The maximum atomic E-state index is 9.31. The Bertz CT molecular complexity index is 1170. The quantitative estimate of drug-likeness (QED) is 0.572. The van der Waals surface area contributed by atoms with Gasteiger partial charge >= 0.3 is 0 Å². The van der Waals surface area contributed by atoms with Gasteiger partial charge in [-0.3, -0.25) is 9.78 Å². The van der Waals surface area contributed by atoms with Crippen LogP contribution in [0.25, 0.3) is 33.2 Å². The molecule has 0 aliphatic heterocycles. The van der Waals surface area contributed by atoms with Crippen molar-refractivity contribution >= 4 is 45.1 Å². The van der Waals surface area contributed by atoms with Crippen molar-refractivity contribution in [1.29, 1.82) is 5.26 Å². The molecule has 0 fully saturated rings. The van der Waals surface area contributed by atoms with Crippen molar-refractivity contribution < 1.29 is 1.37 Å². The first-order valence-electron chi connectivity index (χ1n) is 6.95. The van der Waals surface area contributed by atoms with Crippen LogP contribution in [-0.2, 0) is 7.05 Å². The Labute approximate surface area is 140 Å². The third-order valence-corrected chi connectivity index (χ3v) is 4.36. The van der Waals surface area contributed by atoms with Crippen molar-refractivity contribution in [1.82, 2.24) is 29.9 Å². The van der Waals surface area contributed by atoms with E-state index in [1.54, 1.807) is 19.2 Å². The molecule has 0 atom stereocenters. The lowest BCUT2D eigenvalue weighted by atomic mass is 10.1. The molecule has 0 saturated heterocycles. The third-order valence-electron chi connectivity index (χ3n) is 3.54. The zero-order valence-corrected chi connectivity index (χ0v) is 13.1. The maximum Gasteiger partial charge on any atom is 0.160 e. The van der Waals surface area contributed by atoms with Crippen molar-refractivity contribution in [2.45, 2.75) is 0 Å². The number of fused-ring (bicyclic) bond motifs is 2. The maximum absolute atomic E-state index is 9.31. The molecule has 0 radical (unpaired) electrons. The van der Waals surface area contributed by atoms with Crippen molar-refractivity contribution in [3.05, 3.63) is 34.3 Å². The number of aromatic amines is 1. The lowest BCUT2D eigenvalue weighted by molar-refractivity contribution is 0.780. The molecule has 0 saturated carbocycles. The predicted octanol–water partition coefficient (Wildman–Crippen LogP) is 3.09. The standard InChI is InChI=1S/C14H7Cl2N7/c1-23-13(16)9-7(22-23)3-2-6(11(9)15)12-10-8(4-17)18-5-19-14(10)21-20-12/h2-3,5H,1H3,(H,18,19,20,21)/i5D. The van der Waals surface area contributed by atoms with E-state index in [1.165, 1.54) is 4.68 Å². The first kappa shape index (κ1) is 12.8. The minimum absolute atomic E-state index is 0.0576. The second kappa shape index (κ2) is 4.91. The van der Waals surface area contributed by atoms with Crippen LogP contribution < -0.4 is 0 Å². The van der Waals surface area contributed by atoms with E-state index in [9.17, 15) is 5.26 Å². The van der Waals surface area contributed by atoms with Gasteiger partial charge in [0.05, 0.1) is 21.3 Å². The van der Waals surface area contributed by atoms with Gasteiger partial charge in [-0.1, -0.05) is 23.2 Å². The summed E-state index contributed by atoms with van der Waals surface area (Å²) in [5, 5.41) is 22.3. The average Bonchev–Trinajstić information content (AvgIpc) is 3.09. The Morgan fingerprint density at radius 2 is 2.13 bits per heavy atom. The molecule has 23 heavy (non-hydrogen) atoms. The molecule has 1 aromatic carbocycles. The molecule has 3 aromatic heterocycles. The highest BCUT2D eigenvalue weighted by Gasteiger charge is 2.20. The van der Waals surface area contributed by atoms with E-state index in [2.05, 4.69) is 25.3 Å². The summed E-state index contributed by atoms with van der Waals surface area (Å²) in [7, 11) is 1.72. The van der Waals surface area contributed by atoms with Gasteiger partial charge in [0.25, 0.3) is 0 Å². The summed E-state index contributed by atoms with van der Waals surface area (Å²) in [5.74, 6) is 0. The Morgan fingerprint density at radius 3 is 2.91 bits per heavy atom. The number of H-pyrrole nitrogens is 1. The second-order valence-corrected chi connectivity index (χ2v) is 5.55. The normalized spacial score (nSPS) is 11.8. The first-order chi connectivity index (χ1) is 11.5. The molecule has 0 bridgehead atoms. The van der Waals surface area contributed by atoms with Crippen LogP contribution in [0.2, 0.25) is 10.2 Å². The molecule has 0 spiro atoms. The molecule has 1 N–H and O–H groups in total. The molecular weight excluding hydrogens is 337 g/mol. The molecule has 0 aliphatic carbocycles. The van der Waals surface area contributed by atoms with Crippen molar-refractivity contribution in [2.75, 3.05) is 0 Å². The van der Waals surface area contributed by atoms with Crippen molar-refractivity contribution in [3.8, 4) is 17.3 Å². The van der Waals surface area contributed by atoms with Crippen LogP contribution in [0, 0.1) is 11.3 Å². The van der Waals surface area contributed by atoms with E-state index >= 15 is 0 Å². The monoisotopic (exact) mass is 344 g/mol. The molecule has 112 valence electrons. The fraction of sp³-hybridized carbons (Fsp3) is 0.0714. The molecule has 4 rings (SSSR count). The number of hydrogen-bond donors (Lipinski definition) is 1. The van der Waals surface area contributed by atoms with Gasteiger partial charge in [0, 0.05) is 12.6 Å². The summed E-state index contributed by atoms with van der Waals surface area (Å²) < 4.78 is 9.07. The van der Waals surface area contributed by atoms with Gasteiger partial charge in [0.2, 0.25) is 0 Å². The number of hydrogen-bond acceptors (Lipinski definition) is 5. The highest BCUT2D eigenvalue weighted by atomic mass is 35.5. The minimum atomic E-state index is -0.258. The highest BCUT2D eigenvalue weighted by molar-refractivity contribution is 6.43. The summed E-state index contributed by atoms with van der Waals surface area (Å²) in [6.07, 6.45) is -0.258. The molecule has 3 heterocycles. The van der Waals surface area contributed by atoms with E-state index in [1.807, 2.05) is 6.07 Å². The number of nitrogens with one attached hydrogen (secondary N) is 1. The average molecular weight is 345 g/mol. The lowest BCUT2D eigenvalue weighted by Crippen LogP contribution is -1.88. The summed E-state index contributed by atoms with van der Waals surface area (Å²) in [4.78, 5) is 7.79. The van der Waals surface area contributed by atoms with Gasteiger partial charge in [-0.05, 0) is 12.1 Å². The van der Waals surface area contributed by atoms with E-state index in [0.717, 1.165) is 0 Å². The topological polar surface area (TPSA) is 96.1 Å². The number of aromatic nitrogens is 6. The number of benzene rings is 1.